The fourth-order valence-corrected chi connectivity index (χ4v) is 3.00. The van der Waals surface area contributed by atoms with Crippen molar-refractivity contribution < 1.29 is 26.3 Å². The van der Waals surface area contributed by atoms with E-state index in [1.54, 1.807) is 6.92 Å². The number of nitrogens with two attached hydrogens (primary N) is 1. The molecule has 9 heteroatoms. The van der Waals surface area contributed by atoms with Gasteiger partial charge in [-0.05, 0) is 28.9 Å². The number of hydrogen-bond acceptors (Lipinski definition) is 2. The molecular weight excluding hydrogens is 348 g/mol. The minimum absolute atomic E-state index is 0.154. The van der Waals surface area contributed by atoms with E-state index in [0.29, 0.717) is 9.35 Å². The molecule has 0 bridgehead atoms. The summed E-state index contributed by atoms with van der Waals surface area (Å²) in [5.41, 5.74) is 5.14. The fraction of sp³-hybridized carbons (Fsp3) is 0.556. The molecule has 1 aromatic heterocycles. The topological polar surface area (TPSA) is 26.0 Å². The number of thiophene rings is 1. The van der Waals surface area contributed by atoms with Crippen LogP contribution in [0.2, 0.25) is 0 Å². The third-order valence-electron chi connectivity index (χ3n) is 2.27. The number of rotatable bonds is 2. The SMILES string of the molecule is Cc1sc(C(N)C(C(F)(F)F)C(F)(F)F)cc1Br. The van der Waals surface area contributed by atoms with Gasteiger partial charge in [0.1, 0.15) is 0 Å². The number of halogens is 7. The summed E-state index contributed by atoms with van der Waals surface area (Å²) >= 11 is 3.84. The Bertz CT molecular complexity index is 390. The minimum atomic E-state index is -5.43. The molecule has 2 N–H and O–H groups in total. The number of aryl methyl sites for hydroxylation is 1. The van der Waals surface area contributed by atoms with Crippen molar-refractivity contribution in [3.63, 3.8) is 0 Å². The predicted molar refractivity (Wildman–Crippen MR) is 59.3 cm³/mol. The molecular formula is C9H8BrF6NS. The van der Waals surface area contributed by atoms with E-state index in [1.807, 2.05) is 0 Å². The molecule has 0 aliphatic carbocycles. The average Bonchev–Trinajstić information content (AvgIpc) is 2.41. The third kappa shape index (κ3) is 3.39. The van der Waals surface area contributed by atoms with Crippen LogP contribution >= 0.6 is 27.3 Å². The lowest BCUT2D eigenvalue weighted by Gasteiger charge is -2.27. The molecule has 1 unspecified atom stereocenters. The molecule has 0 saturated carbocycles. The van der Waals surface area contributed by atoms with Gasteiger partial charge in [-0.1, -0.05) is 0 Å². The molecule has 1 heterocycles. The lowest BCUT2D eigenvalue weighted by atomic mass is 9.98. The van der Waals surface area contributed by atoms with Crippen molar-refractivity contribution in [3.8, 4) is 0 Å². The van der Waals surface area contributed by atoms with Gasteiger partial charge in [-0.25, -0.2) is 0 Å². The summed E-state index contributed by atoms with van der Waals surface area (Å²) in [4.78, 5) is 0.419. The van der Waals surface area contributed by atoms with Gasteiger partial charge in [-0.2, -0.15) is 26.3 Å². The van der Waals surface area contributed by atoms with Gasteiger partial charge in [0.2, 0.25) is 0 Å². The van der Waals surface area contributed by atoms with Crippen LogP contribution in [-0.4, -0.2) is 12.4 Å². The normalized spacial score (nSPS) is 15.2. The van der Waals surface area contributed by atoms with Gasteiger partial charge in [-0.15, -0.1) is 11.3 Å². The molecule has 0 aliphatic heterocycles. The summed E-state index contributed by atoms with van der Waals surface area (Å²) < 4.78 is 75.2. The standard InChI is InChI=1S/C9H8BrF6NS/c1-3-4(10)2-5(18-3)6(17)7(8(11,12)13)9(14,15)16/h2,6-7H,17H2,1H3. The summed E-state index contributed by atoms with van der Waals surface area (Å²) in [5, 5.41) is 0. The molecule has 104 valence electrons. The number of alkyl halides is 6. The van der Waals surface area contributed by atoms with E-state index in [4.69, 9.17) is 5.73 Å². The Hall–Kier alpha value is -0.280. The molecule has 0 radical (unpaired) electrons. The average molecular weight is 356 g/mol. The Morgan fingerprint density at radius 3 is 1.89 bits per heavy atom. The number of hydrogen-bond donors (Lipinski definition) is 1. The lowest BCUT2D eigenvalue weighted by molar-refractivity contribution is -0.290. The van der Waals surface area contributed by atoms with Crippen LogP contribution in [0.15, 0.2) is 10.5 Å². The summed E-state index contributed by atoms with van der Waals surface area (Å²) in [7, 11) is 0. The molecule has 1 nitrogen and oxygen atoms in total. The molecule has 0 amide bonds. The van der Waals surface area contributed by atoms with Crippen LogP contribution < -0.4 is 5.73 Å². The van der Waals surface area contributed by atoms with Crippen LogP contribution in [0, 0.1) is 12.8 Å². The van der Waals surface area contributed by atoms with Crippen LogP contribution in [0.5, 0.6) is 0 Å². The van der Waals surface area contributed by atoms with Crippen molar-refractivity contribution in [1.29, 1.82) is 0 Å². The van der Waals surface area contributed by atoms with Crippen molar-refractivity contribution in [2.45, 2.75) is 25.3 Å². The summed E-state index contributed by atoms with van der Waals surface area (Å²) in [5.74, 6) is -3.56. The third-order valence-corrected chi connectivity index (χ3v) is 4.51. The van der Waals surface area contributed by atoms with Crippen molar-refractivity contribution in [2.24, 2.45) is 11.7 Å². The van der Waals surface area contributed by atoms with Crippen LogP contribution in [0.3, 0.4) is 0 Å². The van der Waals surface area contributed by atoms with Crippen molar-refractivity contribution in [1.82, 2.24) is 0 Å². The second-order valence-corrected chi connectivity index (χ2v) is 5.78. The van der Waals surface area contributed by atoms with Crippen LogP contribution in [0.1, 0.15) is 15.8 Å². The molecule has 0 saturated heterocycles. The molecule has 0 spiro atoms. The zero-order valence-corrected chi connectivity index (χ0v) is 11.3. The Labute approximate surface area is 111 Å². The minimum Gasteiger partial charge on any atom is -0.322 e. The van der Waals surface area contributed by atoms with E-state index >= 15 is 0 Å². The first-order chi connectivity index (χ1) is 7.94. The molecule has 0 aliphatic rings. The Balaban J connectivity index is 3.15. The highest BCUT2D eigenvalue weighted by atomic mass is 79.9. The molecule has 1 atom stereocenters. The highest BCUT2D eigenvalue weighted by molar-refractivity contribution is 9.10. The predicted octanol–water partition coefficient (Wildman–Crippen LogP) is 4.56. The van der Waals surface area contributed by atoms with Gasteiger partial charge in [0.25, 0.3) is 0 Å². The second kappa shape index (κ2) is 5.01. The first kappa shape index (κ1) is 15.8. The van der Waals surface area contributed by atoms with Gasteiger partial charge in [0.15, 0.2) is 5.92 Å². The lowest BCUT2D eigenvalue weighted by Crippen LogP contribution is -2.43. The van der Waals surface area contributed by atoms with Crippen LogP contribution in [-0.2, 0) is 0 Å². The van der Waals surface area contributed by atoms with Gasteiger partial charge < -0.3 is 5.73 Å². The van der Waals surface area contributed by atoms with E-state index in [-0.39, 0.29) is 4.88 Å². The Morgan fingerprint density at radius 2 is 1.61 bits per heavy atom. The van der Waals surface area contributed by atoms with Crippen molar-refractivity contribution in [3.05, 3.63) is 20.3 Å². The Kier molecular flexibility index (Phi) is 4.39. The fourth-order valence-electron chi connectivity index (χ4n) is 1.40. The van der Waals surface area contributed by atoms with Crippen LogP contribution in [0.4, 0.5) is 26.3 Å². The van der Waals surface area contributed by atoms with Crippen molar-refractivity contribution in [2.75, 3.05) is 0 Å². The summed E-state index contributed by atoms with van der Waals surface area (Å²) in [6.07, 6.45) is -10.9. The molecule has 0 fully saturated rings. The maximum absolute atomic E-state index is 12.5. The Morgan fingerprint density at radius 1 is 1.17 bits per heavy atom. The largest absolute Gasteiger partial charge is 0.402 e. The molecule has 1 aromatic rings. The highest BCUT2D eigenvalue weighted by Gasteiger charge is 2.60. The second-order valence-electron chi connectivity index (χ2n) is 3.64. The smallest absolute Gasteiger partial charge is 0.322 e. The monoisotopic (exact) mass is 355 g/mol. The van der Waals surface area contributed by atoms with Gasteiger partial charge in [0.05, 0.1) is 6.04 Å². The van der Waals surface area contributed by atoms with Gasteiger partial charge >= 0.3 is 12.4 Å². The van der Waals surface area contributed by atoms with Crippen molar-refractivity contribution >= 4 is 27.3 Å². The zero-order valence-electron chi connectivity index (χ0n) is 8.86. The first-order valence-electron chi connectivity index (χ1n) is 4.59. The molecule has 0 aromatic carbocycles. The molecule has 18 heavy (non-hydrogen) atoms. The maximum Gasteiger partial charge on any atom is 0.402 e. The maximum atomic E-state index is 12.5. The van der Waals surface area contributed by atoms with Gasteiger partial charge in [0, 0.05) is 14.2 Å². The summed E-state index contributed by atoms with van der Waals surface area (Å²) in [6.45, 7) is 1.57. The van der Waals surface area contributed by atoms with E-state index in [2.05, 4.69) is 15.9 Å². The van der Waals surface area contributed by atoms with E-state index < -0.39 is 24.3 Å². The van der Waals surface area contributed by atoms with E-state index in [0.717, 1.165) is 11.3 Å². The quantitative estimate of drug-likeness (QED) is 0.773. The highest BCUT2D eigenvalue weighted by Crippen LogP contribution is 2.47. The first-order valence-corrected chi connectivity index (χ1v) is 6.20. The summed E-state index contributed by atoms with van der Waals surface area (Å²) in [6, 6.07) is -0.963. The van der Waals surface area contributed by atoms with E-state index in [1.165, 1.54) is 6.07 Å². The zero-order chi connectivity index (χ0) is 14.3. The van der Waals surface area contributed by atoms with Crippen LogP contribution in [0.25, 0.3) is 0 Å². The van der Waals surface area contributed by atoms with E-state index in [9.17, 15) is 26.3 Å². The molecule has 1 rings (SSSR count). The van der Waals surface area contributed by atoms with Gasteiger partial charge in [-0.3, -0.25) is 0 Å².